The Morgan fingerprint density at radius 3 is 2.48 bits per heavy atom. The van der Waals surface area contributed by atoms with Gasteiger partial charge < -0.3 is 21.1 Å². The Hall–Kier alpha value is -1.79. The molecule has 4 N–H and O–H groups in total. The number of carboxylic acid groups (broad SMARTS) is 1. The fourth-order valence-electron chi connectivity index (χ4n) is 2.35. The largest absolute Gasteiger partial charge is 0.481 e. The van der Waals surface area contributed by atoms with Gasteiger partial charge in [0.15, 0.2) is 0 Å². The van der Waals surface area contributed by atoms with Gasteiger partial charge in [-0.15, -0.1) is 0 Å². The molecule has 1 rings (SSSR count). The summed E-state index contributed by atoms with van der Waals surface area (Å²) in [6, 6.07) is -0.326. The number of likely N-dealkylation sites (tertiary alicyclic amines) is 1. The van der Waals surface area contributed by atoms with Gasteiger partial charge in [0, 0.05) is 19.1 Å². The van der Waals surface area contributed by atoms with Gasteiger partial charge in [-0.25, -0.2) is 4.79 Å². The van der Waals surface area contributed by atoms with Crippen LogP contribution in [0.5, 0.6) is 0 Å². The van der Waals surface area contributed by atoms with Crippen molar-refractivity contribution in [1.82, 2.24) is 10.2 Å². The zero-order valence-corrected chi connectivity index (χ0v) is 12.9. The predicted molar refractivity (Wildman–Crippen MR) is 77.5 cm³/mol. The number of urea groups is 1. The van der Waals surface area contributed by atoms with Gasteiger partial charge in [-0.3, -0.25) is 9.59 Å². The topological polar surface area (TPSA) is 113 Å². The van der Waals surface area contributed by atoms with Crippen molar-refractivity contribution in [2.75, 3.05) is 13.1 Å². The van der Waals surface area contributed by atoms with Gasteiger partial charge in [0.25, 0.3) is 0 Å². The summed E-state index contributed by atoms with van der Waals surface area (Å²) in [7, 11) is 0. The highest BCUT2D eigenvalue weighted by Gasteiger charge is 2.35. The average molecular weight is 299 g/mol. The van der Waals surface area contributed by atoms with Crippen LogP contribution in [0, 0.1) is 11.3 Å². The fourth-order valence-corrected chi connectivity index (χ4v) is 2.35. The van der Waals surface area contributed by atoms with E-state index in [0.717, 1.165) is 0 Å². The van der Waals surface area contributed by atoms with E-state index in [9.17, 15) is 19.5 Å². The molecule has 3 amide bonds. The number of nitrogens with zero attached hydrogens (tertiary/aromatic N) is 1. The summed E-state index contributed by atoms with van der Waals surface area (Å²) in [5.74, 6) is -1.67. The van der Waals surface area contributed by atoms with Gasteiger partial charge in [-0.1, -0.05) is 6.92 Å². The fraction of sp³-hybridized carbons (Fsp3) is 0.786. The normalized spacial score (nSPS) is 25.0. The highest BCUT2D eigenvalue weighted by Crippen LogP contribution is 2.23. The number of hydrogen-bond acceptors (Lipinski definition) is 3. The van der Waals surface area contributed by atoms with Crippen LogP contribution >= 0.6 is 0 Å². The van der Waals surface area contributed by atoms with E-state index in [2.05, 4.69) is 5.32 Å². The molecular weight excluding hydrogens is 274 g/mol. The quantitative estimate of drug-likeness (QED) is 0.696. The molecule has 7 nitrogen and oxygen atoms in total. The molecule has 7 heteroatoms. The van der Waals surface area contributed by atoms with Crippen LogP contribution in [0.4, 0.5) is 4.79 Å². The van der Waals surface area contributed by atoms with Crippen molar-refractivity contribution in [2.24, 2.45) is 17.1 Å². The maximum atomic E-state index is 12.2. The maximum Gasteiger partial charge on any atom is 0.317 e. The van der Waals surface area contributed by atoms with Crippen molar-refractivity contribution in [3.63, 3.8) is 0 Å². The van der Waals surface area contributed by atoms with E-state index in [-0.39, 0.29) is 31.1 Å². The van der Waals surface area contributed by atoms with Crippen molar-refractivity contribution in [2.45, 2.75) is 46.1 Å². The van der Waals surface area contributed by atoms with E-state index in [1.807, 2.05) is 6.92 Å². The molecule has 0 aromatic heterocycles. The second-order valence-electron chi connectivity index (χ2n) is 6.06. The van der Waals surface area contributed by atoms with Gasteiger partial charge in [0.1, 0.15) is 0 Å². The minimum atomic E-state index is -0.988. The number of piperidine rings is 1. The third kappa shape index (κ3) is 4.09. The zero-order valence-electron chi connectivity index (χ0n) is 12.9. The first-order valence-electron chi connectivity index (χ1n) is 7.28. The Labute approximate surface area is 124 Å². The number of carboxylic acids is 1. The van der Waals surface area contributed by atoms with Crippen molar-refractivity contribution >= 4 is 17.9 Å². The number of nitrogens with one attached hydrogen (secondary N) is 1. The van der Waals surface area contributed by atoms with Crippen molar-refractivity contribution in [3.05, 3.63) is 0 Å². The van der Waals surface area contributed by atoms with E-state index in [4.69, 9.17) is 5.73 Å². The summed E-state index contributed by atoms with van der Waals surface area (Å²) in [6.45, 7) is 5.63. The number of hydrogen-bond donors (Lipinski definition) is 3. The van der Waals surface area contributed by atoms with Crippen LogP contribution < -0.4 is 11.1 Å². The Bertz CT molecular complexity index is 426. The number of primary amides is 1. The second kappa shape index (κ2) is 6.78. The SMILES string of the molecule is CCC(C)(CNC(=O)N1CC(C(N)=O)CCC1C)C(=O)O. The Morgan fingerprint density at radius 1 is 1.38 bits per heavy atom. The molecule has 120 valence electrons. The Morgan fingerprint density at radius 2 is 2.00 bits per heavy atom. The first kappa shape index (κ1) is 17.3. The highest BCUT2D eigenvalue weighted by molar-refractivity contribution is 5.80. The molecule has 3 unspecified atom stereocenters. The lowest BCUT2D eigenvalue weighted by Gasteiger charge is -2.37. The van der Waals surface area contributed by atoms with E-state index in [1.54, 1.807) is 18.7 Å². The molecule has 0 aromatic carbocycles. The summed E-state index contributed by atoms with van der Waals surface area (Å²) in [6.07, 6.45) is 1.81. The maximum absolute atomic E-state index is 12.2. The number of carbonyl (C=O) groups excluding carboxylic acids is 2. The van der Waals surface area contributed by atoms with E-state index < -0.39 is 17.3 Å². The summed E-state index contributed by atoms with van der Waals surface area (Å²) >= 11 is 0. The van der Waals surface area contributed by atoms with Crippen molar-refractivity contribution in [3.8, 4) is 0 Å². The standard InChI is InChI=1S/C14H25N3O4/c1-4-14(3,12(19)20)8-16-13(21)17-7-10(11(15)18)6-5-9(17)2/h9-10H,4-8H2,1-3H3,(H2,15,18)(H,16,21)(H,19,20). The molecule has 1 saturated heterocycles. The number of aliphatic carboxylic acids is 1. The van der Waals surface area contributed by atoms with Gasteiger partial charge in [-0.2, -0.15) is 0 Å². The Kier molecular flexibility index (Phi) is 5.57. The third-order valence-corrected chi connectivity index (χ3v) is 4.47. The molecule has 3 atom stereocenters. The van der Waals surface area contributed by atoms with Gasteiger partial charge >= 0.3 is 12.0 Å². The van der Waals surface area contributed by atoms with Crippen LogP contribution in [0.2, 0.25) is 0 Å². The molecule has 0 aromatic rings. The third-order valence-electron chi connectivity index (χ3n) is 4.47. The molecular formula is C14H25N3O4. The predicted octanol–water partition coefficient (Wildman–Crippen LogP) is 0.783. The van der Waals surface area contributed by atoms with Crippen LogP contribution in [-0.4, -0.2) is 47.0 Å². The zero-order chi connectivity index (χ0) is 16.2. The van der Waals surface area contributed by atoms with Gasteiger partial charge in [0.2, 0.25) is 5.91 Å². The minimum absolute atomic E-state index is 0.0123. The van der Waals surface area contributed by atoms with Crippen LogP contribution in [0.1, 0.15) is 40.0 Å². The van der Waals surface area contributed by atoms with Crippen LogP contribution in [-0.2, 0) is 9.59 Å². The molecule has 1 aliphatic heterocycles. The smallest absolute Gasteiger partial charge is 0.317 e. The van der Waals surface area contributed by atoms with Crippen LogP contribution in [0.15, 0.2) is 0 Å². The lowest BCUT2D eigenvalue weighted by atomic mass is 9.88. The summed E-state index contributed by atoms with van der Waals surface area (Å²) in [5, 5.41) is 11.9. The molecule has 0 bridgehead atoms. The van der Waals surface area contributed by atoms with E-state index >= 15 is 0 Å². The van der Waals surface area contributed by atoms with Crippen molar-refractivity contribution < 1.29 is 19.5 Å². The molecule has 1 heterocycles. The summed E-state index contributed by atoms with van der Waals surface area (Å²) < 4.78 is 0. The molecule has 1 fully saturated rings. The van der Waals surface area contributed by atoms with Crippen LogP contribution in [0.25, 0.3) is 0 Å². The molecule has 0 radical (unpaired) electrons. The molecule has 0 spiro atoms. The number of rotatable bonds is 5. The van der Waals surface area contributed by atoms with Gasteiger partial charge in [-0.05, 0) is 33.1 Å². The summed E-state index contributed by atoms with van der Waals surface area (Å²) in [4.78, 5) is 36.3. The average Bonchev–Trinajstić information content (AvgIpc) is 2.44. The Balaban J connectivity index is 2.65. The van der Waals surface area contributed by atoms with Crippen molar-refractivity contribution in [1.29, 1.82) is 0 Å². The number of amides is 3. The van der Waals surface area contributed by atoms with Crippen LogP contribution in [0.3, 0.4) is 0 Å². The molecule has 1 aliphatic rings. The number of nitrogens with two attached hydrogens (primary N) is 1. The second-order valence-corrected chi connectivity index (χ2v) is 6.06. The first-order chi connectivity index (χ1) is 9.71. The molecule has 0 aliphatic carbocycles. The molecule has 21 heavy (non-hydrogen) atoms. The minimum Gasteiger partial charge on any atom is -0.481 e. The highest BCUT2D eigenvalue weighted by atomic mass is 16.4. The number of carbonyl (C=O) groups is 3. The van der Waals surface area contributed by atoms with E-state index in [1.165, 1.54) is 0 Å². The summed E-state index contributed by atoms with van der Waals surface area (Å²) in [5.41, 5.74) is 4.32. The first-order valence-corrected chi connectivity index (χ1v) is 7.28. The lowest BCUT2D eigenvalue weighted by Crippen LogP contribution is -2.54. The van der Waals surface area contributed by atoms with Gasteiger partial charge in [0.05, 0.1) is 11.3 Å². The lowest BCUT2D eigenvalue weighted by molar-refractivity contribution is -0.147. The monoisotopic (exact) mass is 299 g/mol. The van der Waals surface area contributed by atoms with E-state index in [0.29, 0.717) is 19.3 Å². The molecule has 0 saturated carbocycles.